The quantitative estimate of drug-likeness (QED) is 0.797. The van der Waals surface area contributed by atoms with Crippen LogP contribution >= 0.6 is 0 Å². The Morgan fingerprint density at radius 1 is 1.65 bits per heavy atom. The number of anilines is 1. The number of aromatic nitrogens is 1. The maximum absolute atomic E-state index is 12.1. The highest BCUT2D eigenvalue weighted by Gasteiger charge is 2.31. The zero-order valence-corrected chi connectivity index (χ0v) is 10.1. The van der Waals surface area contributed by atoms with Gasteiger partial charge in [-0.15, -0.1) is 0 Å². The van der Waals surface area contributed by atoms with Gasteiger partial charge in [0.25, 0.3) is 5.91 Å². The summed E-state index contributed by atoms with van der Waals surface area (Å²) in [6.07, 6.45) is 2.33. The molecule has 1 atom stereocenters. The van der Waals surface area contributed by atoms with Crippen molar-refractivity contribution in [2.45, 2.75) is 25.8 Å². The van der Waals surface area contributed by atoms with Gasteiger partial charge < -0.3 is 15.8 Å². The predicted molar refractivity (Wildman–Crippen MR) is 64.7 cm³/mol. The first-order chi connectivity index (χ1) is 8.00. The van der Waals surface area contributed by atoms with E-state index in [2.05, 4.69) is 10.3 Å². The normalized spacial score (nSPS) is 23.6. The first-order valence-corrected chi connectivity index (χ1v) is 5.63. The molecule has 92 valence electrons. The van der Waals surface area contributed by atoms with Crippen molar-refractivity contribution in [1.82, 2.24) is 10.3 Å². The number of nitrogens with two attached hydrogens (primary N) is 1. The van der Waals surface area contributed by atoms with E-state index in [1.54, 1.807) is 6.07 Å². The third-order valence-electron chi connectivity index (χ3n) is 2.95. The molecule has 5 nitrogen and oxygen atoms in total. The summed E-state index contributed by atoms with van der Waals surface area (Å²) in [4.78, 5) is 16.1. The lowest BCUT2D eigenvalue weighted by Gasteiger charge is -2.23. The van der Waals surface area contributed by atoms with Crippen LogP contribution in [0.5, 0.6) is 0 Å². The fourth-order valence-corrected chi connectivity index (χ4v) is 1.88. The van der Waals surface area contributed by atoms with Gasteiger partial charge in [-0.05, 0) is 26.3 Å². The molecule has 17 heavy (non-hydrogen) atoms. The monoisotopic (exact) mass is 235 g/mol. The molecule has 0 aliphatic carbocycles. The van der Waals surface area contributed by atoms with Gasteiger partial charge in [0.2, 0.25) is 0 Å². The number of aryl methyl sites for hydroxylation is 1. The van der Waals surface area contributed by atoms with E-state index in [-0.39, 0.29) is 11.4 Å². The van der Waals surface area contributed by atoms with Gasteiger partial charge in [-0.2, -0.15) is 0 Å². The highest BCUT2D eigenvalue weighted by atomic mass is 16.5. The summed E-state index contributed by atoms with van der Waals surface area (Å²) in [6.45, 7) is 5.02. The second-order valence-electron chi connectivity index (χ2n) is 4.73. The lowest BCUT2D eigenvalue weighted by atomic mass is 10.0. The number of hydrogen-bond donors (Lipinski definition) is 2. The highest BCUT2D eigenvalue weighted by Crippen LogP contribution is 2.19. The van der Waals surface area contributed by atoms with Gasteiger partial charge >= 0.3 is 0 Å². The Kier molecular flexibility index (Phi) is 3.02. The van der Waals surface area contributed by atoms with Gasteiger partial charge in [0, 0.05) is 24.2 Å². The van der Waals surface area contributed by atoms with Gasteiger partial charge in [-0.25, -0.2) is 0 Å². The minimum absolute atomic E-state index is 0.192. The summed E-state index contributed by atoms with van der Waals surface area (Å²) in [5.74, 6) is -0.192. The summed E-state index contributed by atoms with van der Waals surface area (Å²) < 4.78 is 5.28. The van der Waals surface area contributed by atoms with Crippen molar-refractivity contribution in [1.29, 1.82) is 0 Å². The Hall–Kier alpha value is -1.62. The van der Waals surface area contributed by atoms with E-state index in [0.29, 0.717) is 24.5 Å². The summed E-state index contributed by atoms with van der Waals surface area (Å²) >= 11 is 0. The molecule has 1 aromatic rings. The van der Waals surface area contributed by atoms with E-state index >= 15 is 0 Å². The van der Waals surface area contributed by atoms with Gasteiger partial charge in [0.15, 0.2) is 0 Å². The summed E-state index contributed by atoms with van der Waals surface area (Å²) in [7, 11) is 0. The van der Waals surface area contributed by atoms with Crippen molar-refractivity contribution < 1.29 is 9.53 Å². The van der Waals surface area contributed by atoms with Crippen LogP contribution in [-0.4, -0.2) is 29.6 Å². The second-order valence-corrected chi connectivity index (χ2v) is 4.73. The molecule has 0 saturated carbocycles. The van der Waals surface area contributed by atoms with Crippen molar-refractivity contribution in [3.63, 3.8) is 0 Å². The lowest BCUT2D eigenvalue weighted by molar-refractivity contribution is 0.0890. The zero-order valence-electron chi connectivity index (χ0n) is 10.1. The van der Waals surface area contributed by atoms with Crippen LogP contribution < -0.4 is 11.1 Å². The van der Waals surface area contributed by atoms with Crippen LogP contribution in [0.1, 0.15) is 29.4 Å². The Morgan fingerprint density at radius 2 is 2.41 bits per heavy atom. The molecule has 0 aromatic carbocycles. The molecule has 3 N–H and O–H groups in total. The van der Waals surface area contributed by atoms with E-state index in [1.807, 2.05) is 13.8 Å². The third kappa shape index (κ3) is 2.55. The zero-order chi connectivity index (χ0) is 12.5. The fourth-order valence-electron chi connectivity index (χ4n) is 1.88. The molecule has 1 aliphatic heterocycles. The van der Waals surface area contributed by atoms with Crippen LogP contribution in [-0.2, 0) is 4.74 Å². The lowest BCUT2D eigenvalue weighted by Crippen LogP contribution is -2.46. The molecule has 1 aliphatic rings. The molecule has 2 heterocycles. The van der Waals surface area contributed by atoms with E-state index in [1.165, 1.54) is 6.20 Å². The van der Waals surface area contributed by atoms with Crippen LogP contribution in [0.3, 0.4) is 0 Å². The standard InChI is InChI=1S/C12H17N3O2/c1-8-5-10(13)9(6-14-8)11(16)15-12(2)3-4-17-7-12/h5-6H,3-4,7H2,1-2H3,(H2,13,14)(H,15,16). The van der Waals surface area contributed by atoms with Gasteiger partial charge in [0.1, 0.15) is 0 Å². The first-order valence-electron chi connectivity index (χ1n) is 5.63. The van der Waals surface area contributed by atoms with E-state index < -0.39 is 0 Å². The average Bonchev–Trinajstić information content (AvgIpc) is 2.64. The second kappa shape index (κ2) is 4.33. The number of amides is 1. The van der Waals surface area contributed by atoms with Gasteiger partial charge in [0.05, 0.1) is 17.7 Å². The van der Waals surface area contributed by atoms with Gasteiger partial charge in [-0.1, -0.05) is 0 Å². The van der Waals surface area contributed by atoms with Crippen LogP contribution in [0.4, 0.5) is 5.69 Å². The van der Waals surface area contributed by atoms with E-state index in [4.69, 9.17) is 10.5 Å². The van der Waals surface area contributed by atoms with Crippen molar-refractivity contribution >= 4 is 11.6 Å². The molecule has 1 aromatic heterocycles. The molecule has 1 fully saturated rings. The first kappa shape index (κ1) is 11.9. The number of carbonyl (C=O) groups is 1. The molecule has 0 bridgehead atoms. The average molecular weight is 235 g/mol. The van der Waals surface area contributed by atoms with Crippen molar-refractivity contribution in [3.05, 3.63) is 23.5 Å². The largest absolute Gasteiger partial charge is 0.398 e. The molecule has 1 amide bonds. The Bertz CT molecular complexity index is 439. The van der Waals surface area contributed by atoms with Crippen LogP contribution in [0, 0.1) is 6.92 Å². The molecule has 2 rings (SSSR count). The number of hydrogen-bond acceptors (Lipinski definition) is 4. The number of ether oxygens (including phenoxy) is 1. The predicted octanol–water partition coefficient (Wildman–Crippen LogP) is 0.881. The smallest absolute Gasteiger partial charge is 0.255 e. The molecule has 0 spiro atoms. The van der Waals surface area contributed by atoms with E-state index in [9.17, 15) is 4.79 Å². The molecule has 1 saturated heterocycles. The van der Waals surface area contributed by atoms with Crippen molar-refractivity contribution in [2.24, 2.45) is 0 Å². The summed E-state index contributed by atoms with van der Waals surface area (Å²) in [5.41, 5.74) is 7.19. The number of nitrogens with one attached hydrogen (secondary N) is 1. The van der Waals surface area contributed by atoms with Crippen molar-refractivity contribution in [3.8, 4) is 0 Å². The number of nitrogen functional groups attached to an aromatic ring is 1. The van der Waals surface area contributed by atoms with Crippen LogP contribution in [0.15, 0.2) is 12.3 Å². The Balaban J connectivity index is 2.14. The minimum atomic E-state index is -0.297. The molecular weight excluding hydrogens is 218 g/mol. The summed E-state index contributed by atoms with van der Waals surface area (Å²) in [6, 6.07) is 1.70. The van der Waals surface area contributed by atoms with Crippen molar-refractivity contribution in [2.75, 3.05) is 18.9 Å². The molecular formula is C12H17N3O2. The maximum Gasteiger partial charge on any atom is 0.255 e. The number of nitrogens with zero attached hydrogens (tertiary/aromatic N) is 1. The highest BCUT2D eigenvalue weighted by molar-refractivity contribution is 5.99. The molecule has 0 radical (unpaired) electrons. The van der Waals surface area contributed by atoms with Crippen LogP contribution in [0.25, 0.3) is 0 Å². The maximum atomic E-state index is 12.1. The third-order valence-corrected chi connectivity index (χ3v) is 2.95. The molecule has 5 heteroatoms. The number of carbonyl (C=O) groups excluding carboxylic acids is 1. The Labute approximate surface area is 100 Å². The number of rotatable bonds is 2. The topological polar surface area (TPSA) is 77.2 Å². The van der Waals surface area contributed by atoms with Gasteiger partial charge in [-0.3, -0.25) is 9.78 Å². The summed E-state index contributed by atoms with van der Waals surface area (Å²) in [5, 5.41) is 2.95. The Morgan fingerprint density at radius 3 is 3.00 bits per heavy atom. The SMILES string of the molecule is Cc1cc(N)c(C(=O)NC2(C)CCOC2)cn1. The van der Waals surface area contributed by atoms with Crippen LogP contribution in [0.2, 0.25) is 0 Å². The molecule has 1 unspecified atom stereocenters. The fraction of sp³-hybridized carbons (Fsp3) is 0.500. The number of pyridine rings is 1. The van der Waals surface area contributed by atoms with E-state index in [0.717, 1.165) is 12.1 Å². The minimum Gasteiger partial charge on any atom is -0.398 e.